The molecule has 1 saturated carbocycles. The van der Waals surface area contributed by atoms with Crippen LogP contribution in [-0.2, 0) is 0 Å². The van der Waals surface area contributed by atoms with E-state index in [1.165, 1.54) is 54.4 Å². The third-order valence-corrected chi connectivity index (χ3v) is 3.86. The maximum atomic E-state index is 4.25. The molecule has 0 heteroatoms. The summed E-state index contributed by atoms with van der Waals surface area (Å²) in [5, 5.41) is 0. The van der Waals surface area contributed by atoms with Gasteiger partial charge in [-0.2, -0.15) is 0 Å². The number of hydrogen-bond acceptors (Lipinski definition) is 0. The summed E-state index contributed by atoms with van der Waals surface area (Å²) in [4.78, 5) is 0. The zero-order valence-corrected chi connectivity index (χ0v) is 10.2. The van der Waals surface area contributed by atoms with Gasteiger partial charge in [0.15, 0.2) is 0 Å². The molecular weight excluding hydrogens is 204 g/mol. The van der Waals surface area contributed by atoms with E-state index in [4.69, 9.17) is 0 Å². The Kier molecular flexibility index (Phi) is 2.72. The topological polar surface area (TPSA) is 0 Å². The molecule has 1 aromatic rings. The SMILES string of the molecule is C=C1C(c2ccccc2)=CC1=C1CCCCC1. The van der Waals surface area contributed by atoms with E-state index < -0.39 is 0 Å². The van der Waals surface area contributed by atoms with Gasteiger partial charge >= 0.3 is 0 Å². The molecule has 3 rings (SSSR count). The van der Waals surface area contributed by atoms with Crippen molar-refractivity contribution >= 4 is 5.57 Å². The largest absolute Gasteiger partial charge is 0.0905 e. The van der Waals surface area contributed by atoms with Crippen molar-refractivity contribution < 1.29 is 0 Å². The fraction of sp³-hybridized carbons (Fsp3) is 0.294. The minimum Gasteiger partial charge on any atom is -0.0905 e. The number of hydrogen-bond donors (Lipinski definition) is 0. The Morgan fingerprint density at radius 3 is 2.24 bits per heavy atom. The van der Waals surface area contributed by atoms with E-state index in [0.29, 0.717) is 0 Å². The smallest absolute Gasteiger partial charge is 0.0105 e. The lowest BCUT2D eigenvalue weighted by Crippen LogP contribution is -2.07. The quantitative estimate of drug-likeness (QED) is 0.634. The summed E-state index contributed by atoms with van der Waals surface area (Å²) in [5.41, 5.74) is 6.98. The molecule has 0 amide bonds. The molecule has 0 spiro atoms. The van der Waals surface area contributed by atoms with E-state index >= 15 is 0 Å². The highest BCUT2D eigenvalue weighted by Gasteiger charge is 2.22. The molecule has 1 aromatic carbocycles. The van der Waals surface area contributed by atoms with Crippen LogP contribution in [0.4, 0.5) is 0 Å². The Labute approximate surface area is 103 Å². The van der Waals surface area contributed by atoms with Crippen molar-refractivity contribution in [3.63, 3.8) is 0 Å². The number of allylic oxidation sites excluding steroid dienone is 5. The lowest BCUT2D eigenvalue weighted by atomic mass is 9.77. The van der Waals surface area contributed by atoms with Gasteiger partial charge in [0.05, 0.1) is 0 Å². The van der Waals surface area contributed by atoms with Crippen molar-refractivity contribution in [1.82, 2.24) is 0 Å². The monoisotopic (exact) mass is 222 g/mol. The summed E-state index contributed by atoms with van der Waals surface area (Å²) in [6.45, 7) is 4.25. The molecular formula is C17H18. The highest BCUT2D eigenvalue weighted by molar-refractivity contribution is 5.94. The van der Waals surface area contributed by atoms with Gasteiger partial charge in [-0.05, 0) is 54.0 Å². The van der Waals surface area contributed by atoms with Crippen LogP contribution in [0.25, 0.3) is 5.57 Å². The molecule has 0 atom stereocenters. The van der Waals surface area contributed by atoms with Crippen molar-refractivity contribution in [3.05, 3.63) is 65.3 Å². The van der Waals surface area contributed by atoms with Crippen LogP contribution >= 0.6 is 0 Å². The standard InChI is InChI=1S/C17H18/c1-13-16(14-8-4-2-5-9-14)12-17(13)15-10-6-3-7-11-15/h2,4-5,8-9,12H,1,3,6-7,10-11H2. The van der Waals surface area contributed by atoms with Crippen LogP contribution < -0.4 is 0 Å². The first-order valence-corrected chi connectivity index (χ1v) is 6.55. The van der Waals surface area contributed by atoms with Gasteiger partial charge in [-0.1, -0.05) is 48.9 Å². The Balaban J connectivity index is 1.90. The highest BCUT2D eigenvalue weighted by Crippen LogP contribution is 2.42. The molecule has 2 aliphatic carbocycles. The molecule has 1 fully saturated rings. The molecule has 0 aromatic heterocycles. The molecule has 0 saturated heterocycles. The highest BCUT2D eigenvalue weighted by atomic mass is 14.3. The van der Waals surface area contributed by atoms with E-state index in [1.807, 2.05) is 0 Å². The fourth-order valence-corrected chi connectivity index (χ4v) is 2.82. The molecule has 0 nitrogen and oxygen atoms in total. The Bertz CT molecular complexity index is 492. The van der Waals surface area contributed by atoms with Crippen molar-refractivity contribution in [1.29, 1.82) is 0 Å². The predicted octanol–water partition coefficient (Wildman–Crippen LogP) is 4.90. The van der Waals surface area contributed by atoms with Crippen LogP contribution in [0.1, 0.15) is 37.7 Å². The summed E-state index contributed by atoms with van der Waals surface area (Å²) in [6.07, 6.45) is 9.03. The van der Waals surface area contributed by atoms with Crippen molar-refractivity contribution in [2.45, 2.75) is 32.1 Å². The molecule has 0 N–H and O–H groups in total. The Hall–Kier alpha value is -1.56. The van der Waals surface area contributed by atoms with E-state index in [9.17, 15) is 0 Å². The van der Waals surface area contributed by atoms with Gasteiger partial charge in [-0.25, -0.2) is 0 Å². The van der Waals surface area contributed by atoms with E-state index in [2.05, 4.69) is 43.0 Å². The molecule has 0 bridgehead atoms. The molecule has 0 heterocycles. The summed E-state index contributed by atoms with van der Waals surface area (Å²) < 4.78 is 0. The van der Waals surface area contributed by atoms with Gasteiger partial charge in [0.1, 0.15) is 0 Å². The van der Waals surface area contributed by atoms with Crippen LogP contribution in [0.3, 0.4) is 0 Å². The number of benzene rings is 1. The molecule has 17 heavy (non-hydrogen) atoms. The van der Waals surface area contributed by atoms with Crippen molar-refractivity contribution in [3.8, 4) is 0 Å². The second-order valence-electron chi connectivity index (χ2n) is 4.98. The maximum absolute atomic E-state index is 4.25. The van der Waals surface area contributed by atoms with Crippen molar-refractivity contribution in [2.24, 2.45) is 0 Å². The van der Waals surface area contributed by atoms with Crippen molar-refractivity contribution in [2.75, 3.05) is 0 Å². The first kappa shape index (κ1) is 10.6. The molecule has 2 aliphatic rings. The van der Waals surface area contributed by atoms with Gasteiger partial charge < -0.3 is 0 Å². The third kappa shape index (κ3) is 1.88. The summed E-state index contributed by atoms with van der Waals surface area (Å²) in [5.74, 6) is 0. The fourth-order valence-electron chi connectivity index (χ4n) is 2.82. The second kappa shape index (κ2) is 4.37. The van der Waals surface area contributed by atoms with Gasteiger partial charge in [-0.15, -0.1) is 0 Å². The summed E-state index contributed by atoms with van der Waals surface area (Å²) >= 11 is 0. The first-order chi connectivity index (χ1) is 8.36. The van der Waals surface area contributed by atoms with Gasteiger partial charge in [0.25, 0.3) is 0 Å². The summed E-state index contributed by atoms with van der Waals surface area (Å²) in [6, 6.07) is 10.6. The van der Waals surface area contributed by atoms with Crippen LogP contribution in [-0.4, -0.2) is 0 Å². The maximum Gasteiger partial charge on any atom is -0.0105 e. The van der Waals surface area contributed by atoms with E-state index in [-0.39, 0.29) is 0 Å². The van der Waals surface area contributed by atoms with Crippen LogP contribution in [0.2, 0.25) is 0 Å². The van der Waals surface area contributed by atoms with E-state index in [1.54, 1.807) is 5.57 Å². The van der Waals surface area contributed by atoms with Gasteiger partial charge in [-0.3, -0.25) is 0 Å². The average molecular weight is 222 g/mol. The van der Waals surface area contributed by atoms with Gasteiger partial charge in [0, 0.05) is 0 Å². The van der Waals surface area contributed by atoms with E-state index in [0.717, 1.165) is 0 Å². The second-order valence-corrected chi connectivity index (χ2v) is 4.98. The first-order valence-electron chi connectivity index (χ1n) is 6.55. The lowest BCUT2D eigenvalue weighted by Gasteiger charge is -2.27. The minimum absolute atomic E-state index is 1.26. The zero-order valence-electron chi connectivity index (χ0n) is 10.2. The number of rotatable bonds is 1. The van der Waals surface area contributed by atoms with Crippen LogP contribution in [0.5, 0.6) is 0 Å². The van der Waals surface area contributed by atoms with Gasteiger partial charge in [0.2, 0.25) is 0 Å². The van der Waals surface area contributed by atoms with Crippen LogP contribution in [0, 0.1) is 0 Å². The average Bonchev–Trinajstić information content (AvgIpc) is 2.40. The zero-order chi connectivity index (χ0) is 11.7. The molecule has 0 radical (unpaired) electrons. The Morgan fingerprint density at radius 2 is 1.59 bits per heavy atom. The Morgan fingerprint density at radius 1 is 0.882 bits per heavy atom. The molecule has 0 aliphatic heterocycles. The summed E-state index contributed by atoms with van der Waals surface area (Å²) in [7, 11) is 0. The normalized spacial score (nSPS) is 20.0. The molecule has 0 unspecified atom stereocenters. The third-order valence-electron chi connectivity index (χ3n) is 3.86. The lowest BCUT2D eigenvalue weighted by molar-refractivity contribution is 0.595. The molecule has 86 valence electrons. The van der Waals surface area contributed by atoms with Crippen LogP contribution in [0.15, 0.2) is 59.7 Å². The minimum atomic E-state index is 1.26. The predicted molar refractivity (Wildman–Crippen MR) is 73.7 cm³/mol.